The summed E-state index contributed by atoms with van der Waals surface area (Å²) in [6.07, 6.45) is -0.777. The van der Waals surface area contributed by atoms with Gasteiger partial charge in [0.25, 0.3) is 17.8 Å². The number of pyridine rings is 1. The summed E-state index contributed by atoms with van der Waals surface area (Å²) in [5.41, 5.74) is 1.52. The van der Waals surface area contributed by atoms with Crippen LogP contribution in [0.4, 0.5) is 0 Å². The number of carbonyl (C=O) groups excluding carboxylic acids is 4. The Labute approximate surface area is 242 Å². The van der Waals surface area contributed by atoms with Crippen LogP contribution in [0, 0.1) is 5.92 Å². The Morgan fingerprint density at radius 3 is 2.41 bits per heavy atom. The number of nitrogens with one attached hydrogen (secondary N) is 1. The van der Waals surface area contributed by atoms with Gasteiger partial charge < -0.3 is 24.6 Å². The number of benzene rings is 1. The molecule has 11 heteroatoms. The molecule has 1 aliphatic heterocycles. The minimum atomic E-state index is -1.26. The fourth-order valence-electron chi connectivity index (χ4n) is 4.77. The van der Waals surface area contributed by atoms with Crippen LogP contribution >= 0.6 is 0 Å². The highest BCUT2D eigenvalue weighted by molar-refractivity contribution is 6.51. The molecule has 1 aliphatic rings. The first-order chi connectivity index (χ1) is 19.4. The molecule has 2 heterocycles. The highest BCUT2D eigenvalue weighted by Crippen LogP contribution is 2.29. The van der Waals surface area contributed by atoms with E-state index in [2.05, 4.69) is 10.3 Å². The Hall–Kier alpha value is -3.57. The fraction of sp³-hybridized carbons (Fsp3) is 0.500. The van der Waals surface area contributed by atoms with Crippen molar-refractivity contribution >= 4 is 30.7 Å². The zero-order valence-corrected chi connectivity index (χ0v) is 24.4. The monoisotopic (exact) mass is 565 g/mol. The van der Waals surface area contributed by atoms with Crippen LogP contribution < -0.4 is 5.32 Å². The predicted molar refractivity (Wildman–Crippen MR) is 155 cm³/mol. The number of Topliss-reactive ketones (excluding diaryl/α,β-unsaturated/α-hetero) is 1. The molecular formula is C30H40BN3O7. The lowest BCUT2D eigenvalue weighted by molar-refractivity contribution is -0.143. The molecule has 0 aliphatic carbocycles. The second-order valence-corrected chi connectivity index (χ2v) is 11.2. The van der Waals surface area contributed by atoms with E-state index in [1.165, 1.54) is 13.0 Å². The average molecular weight is 565 g/mol. The van der Waals surface area contributed by atoms with E-state index in [4.69, 9.17) is 9.31 Å². The van der Waals surface area contributed by atoms with Crippen LogP contribution in [-0.2, 0) is 23.7 Å². The topological polar surface area (TPSA) is 135 Å². The lowest BCUT2D eigenvalue weighted by Gasteiger charge is -2.29. The average Bonchev–Trinajstić information content (AvgIpc) is 2.93. The molecule has 0 radical (unpaired) electrons. The van der Waals surface area contributed by atoms with E-state index in [0.29, 0.717) is 18.7 Å². The summed E-state index contributed by atoms with van der Waals surface area (Å²) in [4.78, 5) is 58.3. The van der Waals surface area contributed by atoms with E-state index in [-0.39, 0.29) is 36.9 Å². The number of hydrogen-bond donors (Lipinski definition) is 2. The minimum Gasteiger partial charge on any atom is -0.499 e. The first-order valence-electron chi connectivity index (χ1n) is 14.1. The lowest BCUT2D eigenvalue weighted by Crippen LogP contribution is -2.49. The minimum absolute atomic E-state index is 0.0789. The molecule has 41 heavy (non-hydrogen) atoms. The molecule has 4 atom stereocenters. The number of nitrogens with zero attached hydrogens (tertiary/aromatic N) is 2. The van der Waals surface area contributed by atoms with Crippen molar-refractivity contribution in [2.75, 3.05) is 13.6 Å². The van der Waals surface area contributed by atoms with Crippen LogP contribution in [0.1, 0.15) is 63.9 Å². The van der Waals surface area contributed by atoms with Crippen molar-refractivity contribution in [3.63, 3.8) is 0 Å². The summed E-state index contributed by atoms with van der Waals surface area (Å²) in [6, 6.07) is 13.0. The summed E-state index contributed by atoms with van der Waals surface area (Å²) >= 11 is 0. The Balaban J connectivity index is 1.78. The molecule has 10 nitrogen and oxygen atoms in total. The maximum absolute atomic E-state index is 13.5. The van der Waals surface area contributed by atoms with E-state index in [0.717, 1.165) is 5.56 Å². The quantitative estimate of drug-likeness (QED) is 0.416. The zero-order chi connectivity index (χ0) is 30.1. The van der Waals surface area contributed by atoms with Gasteiger partial charge in [0.05, 0.1) is 24.6 Å². The second kappa shape index (κ2) is 14.9. The molecule has 1 amide bonds. The van der Waals surface area contributed by atoms with E-state index in [9.17, 15) is 24.3 Å². The smallest absolute Gasteiger partial charge is 0.499 e. The summed E-state index contributed by atoms with van der Waals surface area (Å²) in [5.74, 6) is -2.74. The maximum atomic E-state index is 13.5. The Bertz CT molecular complexity index is 1210. The molecule has 0 unspecified atom stereocenters. The van der Waals surface area contributed by atoms with Gasteiger partial charge in [-0.15, -0.1) is 0 Å². The number of carbonyl (C=O) groups is 4. The van der Waals surface area contributed by atoms with Crippen molar-refractivity contribution in [2.45, 2.75) is 77.4 Å². The first kappa shape index (κ1) is 32.0. The molecule has 0 bridgehead atoms. The Morgan fingerprint density at radius 1 is 1.07 bits per heavy atom. The molecule has 0 spiro atoms. The predicted octanol–water partition coefficient (Wildman–Crippen LogP) is 3.29. The Kier molecular flexibility index (Phi) is 11.6. The molecule has 1 saturated heterocycles. The molecule has 2 aromatic rings. The molecule has 3 rings (SSSR count). The normalized spacial score (nSPS) is 19.1. The van der Waals surface area contributed by atoms with Gasteiger partial charge in [0.1, 0.15) is 11.7 Å². The van der Waals surface area contributed by atoms with Crippen molar-refractivity contribution < 1.29 is 33.6 Å². The standard InChI is InChI=1S/C30H40BN3O7/c1-19(2)16-23(31-40-27(37)14-15-34(5)20(3)17-28(38)41-31)18-26(36)29(21(4)35)33-30(39)25-13-9-12-24(32-25)22-10-7-6-8-11-22/h6-13,19-21,23,29,35H,14-18H2,1-5H3,(H,33,39)/t20-,21-,23-,29+/m1/s1. The molecule has 2 N–H and O–H groups in total. The first-order valence-corrected chi connectivity index (χ1v) is 14.1. The summed E-state index contributed by atoms with van der Waals surface area (Å²) < 4.78 is 11.2. The van der Waals surface area contributed by atoms with Gasteiger partial charge in [-0.3, -0.25) is 19.2 Å². The number of aliphatic hydroxyl groups excluding tert-OH is 1. The third-order valence-corrected chi connectivity index (χ3v) is 7.17. The molecule has 220 valence electrons. The van der Waals surface area contributed by atoms with Crippen LogP contribution in [0.25, 0.3) is 11.3 Å². The van der Waals surface area contributed by atoms with Gasteiger partial charge in [0.2, 0.25) is 0 Å². The number of rotatable bonds is 10. The molecule has 1 aromatic heterocycles. The number of aromatic nitrogens is 1. The van der Waals surface area contributed by atoms with Crippen molar-refractivity contribution in [2.24, 2.45) is 5.92 Å². The van der Waals surface area contributed by atoms with E-state index in [1.54, 1.807) is 12.1 Å². The van der Waals surface area contributed by atoms with E-state index in [1.807, 2.05) is 63.1 Å². The van der Waals surface area contributed by atoms with Crippen molar-refractivity contribution in [3.05, 3.63) is 54.2 Å². The zero-order valence-electron chi connectivity index (χ0n) is 24.4. The summed E-state index contributed by atoms with van der Waals surface area (Å²) in [7, 11) is 0.564. The van der Waals surface area contributed by atoms with Crippen molar-refractivity contribution in [3.8, 4) is 11.3 Å². The Morgan fingerprint density at radius 2 is 1.76 bits per heavy atom. The second-order valence-electron chi connectivity index (χ2n) is 11.2. The van der Waals surface area contributed by atoms with Crippen molar-refractivity contribution in [1.82, 2.24) is 15.2 Å². The largest absolute Gasteiger partial charge is 0.602 e. The van der Waals surface area contributed by atoms with Crippen molar-refractivity contribution in [1.29, 1.82) is 0 Å². The highest BCUT2D eigenvalue weighted by atomic mass is 16.6. The van der Waals surface area contributed by atoms with E-state index < -0.39 is 48.7 Å². The van der Waals surface area contributed by atoms with Crippen LogP contribution in [-0.4, -0.2) is 77.5 Å². The molecule has 1 fully saturated rings. The molecule has 0 saturated carbocycles. The van der Waals surface area contributed by atoms with Gasteiger partial charge >= 0.3 is 7.12 Å². The van der Waals surface area contributed by atoms with Gasteiger partial charge in [-0.2, -0.15) is 0 Å². The lowest BCUT2D eigenvalue weighted by atomic mass is 9.64. The van der Waals surface area contributed by atoms with Crippen LogP contribution in [0.3, 0.4) is 0 Å². The van der Waals surface area contributed by atoms with Crippen LogP contribution in [0.15, 0.2) is 48.5 Å². The summed E-state index contributed by atoms with van der Waals surface area (Å²) in [6.45, 7) is 7.59. The van der Waals surface area contributed by atoms with Crippen LogP contribution in [0.5, 0.6) is 0 Å². The number of amides is 1. The third kappa shape index (κ3) is 9.50. The maximum Gasteiger partial charge on any atom is 0.602 e. The molecular weight excluding hydrogens is 525 g/mol. The summed E-state index contributed by atoms with van der Waals surface area (Å²) in [5, 5.41) is 13.1. The van der Waals surface area contributed by atoms with Gasteiger partial charge in [-0.05, 0) is 45.4 Å². The third-order valence-electron chi connectivity index (χ3n) is 7.17. The number of ketones is 1. The van der Waals surface area contributed by atoms with Gasteiger partial charge in [-0.1, -0.05) is 50.2 Å². The SMILES string of the molecule is CC(C)C[C@H](CC(=O)[C@@H](NC(=O)c1cccc(-c2ccccc2)n1)[C@@H](C)O)B1OC(=O)CCN(C)[C@H](C)CC(=O)O1. The van der Waals surface area contributed by atoms with Crippen LogP contribution in [0.2, 0.25) is 5.82 Å². The van der Waals surface area contributed by atoms with E-state index >= 15 is 0 Å². The van der Waals surface area contributed by atoms with Gasteiger partial charge in [0, 0.05) is 30.4 Å². The fourth-order valence-corrected chi connectivity index (χ4v) is 4.77. The van der Waals surface area contributed by atoms with Gasteiger partial charge in [-0.25, -0.2) is 4.98 Å². The number of aliphatic hydroxyl groups is 1. The molecule has 1 aromatic carbocycles. The van der Waals surface area contributed by atoms with Gasteiger partial charge in [0.15, 0.2) is 5.78 Å². The number of hydrogen-bond acceptors (Lipinski definition) is 9. The highest BCUT2D eigenvalue weighted by Gasteiger charge is 2.42.